The molecule has 0 unspecified atom stereocenters. The first-order chi connectivity index (χ1) is 11.1. The number of pyridine rings is 1. The lowest BCUT2D eigenvalue weighted by Crippen LogP contribution is -2.05. The Balaban J connectivity index is 2.12. The van der Waals surface area contributed by atoms with Gasteiger partial charge in [0.05, 0.1) is 18.2 Å². The second kappa shape index (κ2) is 6.42. The van der Waals surface area contributed by atoms with Crippen molar-refractivity contribution in [1.29, 1.82) is 0 Å². The van der Waals surface area contributed by atoms with Gasteiger partial charge in [0.1, 0.15) is 10.8 Å². The normalized spacial score (nSPS) is 10.7. The second-order valence-electron chi connectivity index (χ2n) is 5.30. The third-order valence-corrected chi connectivity index (χ3v) is 4.44. The van der Waals surface area contributed by atoms with Crippen LogP contribution in [0.15, 0.2) is 53.6 Å². The SMILES string of the molecule is COc1ccc2cc(C(=O)c3ccc(C)cc3)c(SC)nc2c1. The van der Waals surface area contributed by atoms with Gasteiger partial charge in [-0.1, -0.05) is 29.8 Å². The first kappa shape index (κ1) is 15.6. The largest absolute Gasteiger partial charge is 0.497 e. The molecule has 23 heavy (non-hydrogen) atoms. The van der Waals surface area contributed by atoms with E-state index >= 15 is 0 Å². The zero-order chi connectivity index (χ0) is 16.4. The van der Waals surface area contributed by atoms with Crippen LogP contribution < -0.4 is 4.74 Å². The molecule has 3 rings (SSSR count). The minimum Gasteiger partial charge on any atom is -0.497 e. The van der Waals surface area contributed by atoms with Crippen molar-refractivity contribution in [2.75, 3.05) is 13.4 Å². The number of hydrogen-bond donors (Lipinski definition) is 0. The first-order valence-electron chi connectivity index (χ1n) is 7.26. The van der Waals surface area contributed by atoms with Crippen molar-refractivity contribution < 1.29 is 9.53 Å². The van der Waals surface area contributed by atoms with E-state index in [0.717, 1.165) is 27.2 Å². The van der Waals surface area contributed by atoms with Crippen LogP contribution in [0.4, 0.5) is 0 Å². The molecule has 116 valence electrons. The highest BCUT2D eigenvalue weighted by Gasteiger charge is 2.16. The molecule has 2 aromatic carbocycles. The molecule has 0 spiro atoms. The average molecular weight is 323 g/mol. The lowest BCUT2D eigenvalue weighted by atomic mass is 10.0. The highest BCUT2D eigenvalue weighted by atomic mass is 32.2. The molecule has 0 aliphatic rings. The maximum absolute atomic E-state index is 12.8. The fourth-order valence-electron chi connectivity index (χ4n) is 2.43. The molecule has 0 aliphatic carbocycles. The molecule has 1 heterocycles. The van der Waals surface area contributed by atoms with Gasteiger partial charge >= 0.3 is 0 Å². The summed E-state index contributed by atoms with van der Waals surface area (Å²) in [7, 11) is 1.63. The lowest BCUT2D eigenvalue weighted by molar-refractivity contribution is 0.103. The van der Waals surface area contributed by atoms with E-state index < -0.39 is 0 Å². The van der Waals surface area contributed by atoms with Crippen LogP contribution in [0.3, 0.4) is 0 Å². The zero-order valence-corrected chi connectivity index (χ0v) is 14.1. The highest BCUT2D eigenvalue weighted by Crippen LogP contribution is 2.27. The van der Waals surface area contributed by atoms with Gasteiger partial charge in [0, 0.05) is 17.0 Å². The van der Waals surface area contributed by atoms with E-state index in [4.69, 9.17) is 4.74 Å². The quantitative estimate of drug-likeness (QED) is 0.523. The number of fused-ring (bicyclic) bond motifs is 1. The van der Waals surface area contributed by atoms with E-state index in [9.17, 15) is 4.79 Å². The molecule has 0 amide bonds. The van der Waals surface area contributed by atoms with Crippen LogP contribution in [0.1, 0.15) is 21.5 Å². The topological polar surface area (TPSA) is 39.2 Å². The minimum atomic E-state index is -0.000400. The maximum atomic E-state index is 12.8. The molecule has 0 fully saturated rings. The van der Waals surface area contributed by atoms with Crippen molar-refractivity contribution in [3.8, 4) is 5.75 Å². The summed E-state index contributed by atoms with van der Waals surface area (Å²) in [4.78, 5) is 17.5. The Hall–Kier alpha value is -2.33. The number of hydrogen-bond acceptors (Lipinski definition) is 4. The molecule has 0 bridgehead atoms. The molecule has 0 atom stereocenters. The summed E-state index contributed by atoms with van der Waals surface area (Å²) in [5.41, 5.74) is 3.28. The summed E-state index contributed by atoms with van der Waals surface area (Å²) in [6.07, 6.45) is 1.93. The number of ether oxygens (including phenoxy) is 1. The fourth-order valence-corrected chi connectivity index (χ4v) is 3.00. The van der Waals surface area contributed by atoms with Crippen LogP contribution in [-0.4, -0.2) is 24.1 Å². The van der Waals surface area contributed by atoms with Gasteiger partial charge in [0.25, 0.3) is 0 Å². The number of carbonyl (C=O) groups excluding carboxylic acids is 1. The van der Waals surface area contributed by atoms with Crippen LogP contribution in [0.25, 0.3) is 10.9 Å². The number of carbonyl (C=O) groups is 1. The Morgan fingerprint density at radius 1 is 1.09 bits per heavy atom. The summed E-state index contributed by atoms with van der Waals surface area (Å²) in [5, 5.41) is 1.66. The van der Waals surface area contributed by atoms with E-state index in [-0.39, 0.29) is 5.78 Å². The molecule has 0 aliphatic heterocycles. The van der Waals surface area contributed by atoms with Crippen LogP contribution in [0.5, 0.6) is 5.75 Å². The Labute approximate surface area is 139 Å². The van der Waals surface area contributed by atoms with Gasteiger partial charge in [-0.3, -0.25) is 4.79 Å². The number of nitrogens with zero attached hydrogens (tertiary/aromatic N) is 1. The van der Waals surface area contributed by atoms with E-state index in [0.29, 0.717) is 11.1 Å². The highest BCUT2D eigenvalue weighted by molar-refractivity contribution is 7.98. The monoisotopic (exact) mass is 323 g/mol. The summed E-state index contributed by atoms with van der Waals surface area (Å²) in [6.45, 7) is 2.01. The molecule has 0 radical (unpaired) electrons. The Bertz CT molecular complexity index is 872. The number of thioether (sulfide) groups is 1. The van der Waals surface area contributed by atoms with E-state index in [1.807, 2.05) is 61.7 Å². The minimum absolute atomic E-state index is 0.000400. The molecule has 3 nitrogen and oxygen atoms in total. The van der Waals surface area contributed by atoms with Crippen molar-refractivity contribution in [3.63, 3.8) is 0 Å². The summed E-state index contributed by atoms with van der Waals surface area (Å²) in [6, 6.07) is 15.2. The maximum Gasteiger partial charge on any atom is 0.195 e. The fraction of sp³-hybridized carbons (Fsp3) is 0.158. The van der Waals surface area contributed by atoms with E-state index in [1.54, 1.807) is 7.11 Å². The summed E-state index contributed by atoms with van der Waals surface area (Å²) < 4.78 is 5.24. The van der Waals surface area contributed by atoms with Crippen molar-refractivity contribution in [2.24, 2.45) is 0 Å². The number of ketones is 1. The van der Waals surface area contributed by atoms with E-state index in [2.05, 4.69) is 4.98 Å². The lowest BCUT2D eigenvalue weighted by Gasteiger charge is -2.09. The molecule has 0 N–H and O–H groups in total. The van der Waals surface area contributed by atoms with Crippen molar-refractivity contribution >= 4 is 28.4 Å². The van der Waals surface area contributed by atoms with E-state index in [1.165, 1.54) is 11.8 Å². The van der Waals surface area contributed by atoms with Gasteiger partial charge in [-0.2, -0.15) is 0 Å². The number of aryl methyl sites for hydroxylation is 1. The van der Waals surface area contributed by atoms with Crippen LogP contribution >= 0.6 is 11.8 Å². The molecule has 0 saturated heterocycles. The summed E-state index contributed by atoms with van der Waals surface area (Å²) in [5.74, 6) is 0.759. The molecular weight excluding hydrogens is 306 g/mol. The van der Waals surface area contributed by atoms with Crippen molar-refractivity contribution in [1.82, 2.24) is 4.98 Å². The van der Waals surface area contributed by atoms with Crippen LogP contribution in [-0.2, 0) is 0 Å². The van der Waals surface area contributed by atoms with Crippen LogP contribution in [0, 0.1) is 6.92 Å². The predicted octanol–water partition coefficient (Wildman–Crippen LogP) is 4.50. The smallest absolute Gasteiger partial charge is 0.195 e. The third-order valence-electron chi connectivity index (χ3n) is 3.74. The Morgan fingerprint density at radius 3 is 2.48 bits per heavy atom. The number of aromatic nitrogens is 1. The molecule has 1 aromatic heterocycles. The van der Waals surface area contributed by atoms with Gasteiger partial charge in [-0.15, -0.1) is 11.8 Å². The van der Waals surface area contributed by atoms with Crippen molar-refractivity contribution in [2.45, 2.75) is 11.9 Å². The molecular formula is C19H17NO2S. The average Bonchev–Trinajstić information content (AvgIpc) is 2.60. The predicted molar refractivity (Wildman–Crippen MR) is 94.7 cm³/mol. The zero-order valence-electron chi connectivity index (χ0n) is 13.3. The third kappa shape index (κ3) is 3.08. The van der Waals surface area contributed by atoms with Crippen LogP contribution in [0.2, 0.25) is 0 Å². The van der Waals surface area contributed by atoms with Gasteiger partial charge in [-0.25, -0.2) is 4.98 Å². The van der Waals surface area contributed by atoms with Gasteiger partial charge < -0.3 is 4.74 Å². The van der Waals surface area contributed by atoms with Crippen molar-refractivity contribution in [3.05, 3.63) is 65.2 Å². The molecule has 3 aromatic rings. The van der Waals surface area contributed by atoms with Gasteiger partial charge in [-0.05, 0) is 31.4 Å². The Morgan fingerprint density at radius 2 is 1.83 bits per heavy atom. The summed E-state index contributed by atoms with van der Waals surface area (Å²) >= 11 is 1.48. The number of rotatable bonds is 4. The number of benzene rings is 2. The number of methoxy groups -OCH3 is 1. The van der Waals surface area contributed by atoms with Gasteiger partial charge in [0.2, 0.25) is 0 Å². The second-order valence-corrected chi connectivity index (χ2v) is 6.09. The first-order valence-corrected chi connectivity index (χ1v) is 8.49. The van der Waals surface area contributed by atoms with Gasteiger partial charge in [0.15, 0.2) is 5.78 Å². The Kier molecular flexibility index (Phi) is 4.35. The molecule has 4 heteroatoms. The standard InChI is InChI=1S/C19H17NO2S/c1-12-4-6-13(7-5-12)18(21)16-10-14-8-9-15(22-2)11-17(14)20-19(16)23-3/h4-11H,1-3H3. The molecule has 0 saturated carbocycles.